The smallest absolute Gasteiger partial charge is 0.251 e. The van der Waals surface area contributed by atoms with E-state index < -0.39 is 26.8 Å². The molecule has 8 heteroatoms. The Balaban J connectivity index is 1.72. The number of rotatable bonds is 7. The van der Waals surface area contributed by atoms with Crippen LogP contribution in [0.2, 0.25) is 0 Å². The molecule has 0 spiro atoms. The molecule has 0 aliphatic rings. The van der Waals surface area contributed by atoms with E-state index in [0.29, 0.717) is 12.0 Å². The number of sulfone groups is 1. The molecular weight excluding hydrogens is 418 g/mol. The number of nitrogens with one attached hydrogen (secondary N) is 1. The minimum absolute atomic E-state index is 0.0100. The zero-order valence-corrected chi connectivity index (χ0v) is 18.0. The molecule has 1 heterocycles. The number of carbonyl (C=O) groups excluding carboxylic acids is 1. The van der Waals surface area contributed by atoms with Crippen molar-refractivity contribution in [1.29, 1.82) is 0 Å². The average molecular weight is 442 g/mol. The summed E-state index contributed by atoms with van der Waals surface area (Å²) >= 11 is 0. The standard InChI is InChI=1S/C23H23NO6S/c1-24-23(27)18-10-8-17(9-11-18)16-6-3-15(4-7-16)5-12-21-22(26)20(25)13-19(30-21)14-31(2,28)29/h3-4,6-11,13,26H,5,12,14H2,1-2H3,(H,24,27). The lowest BCUT2D eigenvalue weighted by molar-refractivity contribution is 0.0963. The van der Waals surface area contributed by atoms with Crippen LogP contribution in [0, 0.1) is 0 Å². The van der Waals surface area contributed by atoms with Crippen LogP contribution in [-0.4, -0.2) is 32.7 Å². The first-order valence-corrected chi connectivity index (χ1v) is 11.7. The fraction of sp³-hybridized carbons (Fsp3) is 0.217. The van der Waals surface area contributed by atoms with Crippen LogP contribution < -0.4 is 10.7 Å². The molecule has 0 radical (unpaired) electrons. The molecule has 0 bridgehead atoms. The third-order valence-corrected chi connectivity index (χ3v) is 5.56. The van der Waals surface area contributed by atoms with Crippen molar-refractivity contribution in [2.75, 3.05) is 13.3 Å². The second-order valence-corrected chi connectivity index (χ2v) is 9.41. The van der Waals surface area contributed by atoms with Crippen molar-refractivity contribution in [1.82, 2.24) is 5.32 Å². The van der Waals surface area contributed by atoms with Crippen molar-refractivity contribution in [2.45, 2.75) is 18.6 Å². The SMILES string of the molecule is CNC(=O)c1ccc(-c2ccc(CCc3oc(CS(C)(=O)=O)cc(=O)c3O)cc2)cc1. The normalized spacial score (nSPS) is 11.3. The lowest BCUT2D eigenvalue weighted by Crippen LogP contribution is -2.17. The largest absolute Gasteiger partial charge is 0.502 e. The van der Waals surface area contributed by atoms with Crippen molar-refractivity contribution >= 4 is 15.7 Å². The van der Waals surface area contributed by atoms with Gasteiger partial charge >= 0.3 is 0 Å². The van der Waals surface area contributed by atoms with E-state index in [1.165, 1.54) is 0 Å². The Morgan fingerprint density at radius 1 is 1.00 bits per heavy atom. The summed E-state index contributed by atoms with van der Waals surface area (Å²) in [6, 6.07) is 16.0. The monoisotopic (exact) mass is 441 g/mol. The Morgan fingerprint density at radius 2 is 1.58 bits per heavy atom. The van der Waals surface area contributed by atoms with Gasteiger partial charge in [-0.3, -0.25) is 9.59 Å². The van der Waals surface area contributed by atoms with Crippen LogP contribution in [0.4, 0.5) is 0 Å². The lowest BCUT2D eigenvalue weighted by atomic mass is 10.0. The molecule has 3 aromatic rings. The summed E-state index contributed by atoms with van der Waals surface area (Å²) in [5.74, 6) is -0.957. The van der Waals surface area contributed by atoms with Gasteiger partial charge in [0.1, 0.15) is 17.3 Å². The number of benzene rings is 2. The van der Waals surface area contributed by atoms with E-state index in [4.69, 9.17) is 4.42 Å². The van der Waals surface area contributed by atoms with Gasteiger partial charge in [0.25, 0.3) is 5.91 Å². The van der Waals surface area contributed by atoms with E-state index in [2.05, 4.69) is 5.32 Å². The number of hydrogen-bond donors (Lipinski definition) is 2. The van der Waals surface area contributed by atoms with Gasteiger partial charge in [-0.1, -0.05) is 36.4 Å². The van der Waals surface area contributed by atoms with Gasteiger partial charge < -0.3 is 14.8 Å². The zero-order valence-electron chi connectivity index (χ0n) is 17.2. The van der Waals surface area contributed by atoms with Crippen LogP contribution >= 0.6 is 0 Å². The highest BCUT2D eigenvalue weighted by molar-refractivity contribution is 7.89. The first-order chi connectivity index (χ1) is 14.7. The highest BCUT2D eigenvalue weighted by atomic mass is 32.2. The summed E-state index contributed by atoms with van der Waals surface area (Å²) in [6.07, 6.45) is 1.79. The predicted molar refractivity (Wildman–Crippen MR) is 118 cm³/mol. The summed E-state index contributed by atoms with van der Waals surface area (Å²) in [5, 5.41) is 12.6. The first-order valence-electron chi connectivity index (χ1n) is 9.60. The molecule has 31 heavy (non-hydrogen) atoms. The molecule has 0 fully saturated rings. The van der Waals surface area contributed by atoms with Crippen LogP contribution in [0.5, 0.6) is 5.75 Å². The van der Waals surface area contributed by atoms with E-state index in [1.54, 1.807) is 19.2 Å². The van der Waals surface area contributed by atoms with Crippen molar-refractivity contribution in [2.24, 2.45) is 0 Å². The molecule has 2 N–H and O–H groups in total. The number of aryl methyl sites for hydroxylation is 2. The lowest BCUT2D eigenvalue weighted by Gasteiger charge is -2.08. The number of aromatic hydroxyl groups is 1. The van der Waals surface area contributed by atoms with Gasteiger partial charge in [-0.2, -0.15) is 0 Å². The Labute approximate surface area is 180 Å². The van der Waals surface area contributed by atoms with Crippen LogP contribution in [0.1, 0.15) is 27.4 Å². The molecule has 1 aromatic heterocycles. The van der Waals surface area contributed by atoms with E-state index in [0.717, 1.165) is 29.0 Å². The highest BCUT2D eigenvalue weighted by Crippen LogP contribution is 2.22. The molecule has 0 unspecified atom stereocenters. The summed E-state index contributed by atoms with van der Waals surface area (Å²) in [7, 11) is -1.78. The molecule has 7 nitrogen and oxygen atoms in total. The summed E-state index contributed by atoms with van der Waals surface area (Å²) in [5.41, 5.74) is 2.84. The summed E-state index contributed by atoms with van der Waals surface area (Å²) in [6.45, 7) is 0. The van der Waals surface area contributed by atoms with Crippen LogP contribution in [0.15, 0.2) is 63.8 Å². The Kier molecular flexibility index (Phi) is 6.60. The van der Waals surface area contributed by atoms with Gasteiger partial charge in [0.15, 0.2) is 9.84 Å². The molecule has 3 rings (SSSR count). The second-order valence-electron chi connectivity index (χ2n) is 7.27. The van der Waals surface area contributed by atoms with Crippen molar-refractivity contribution in [3.05, 3.63) is 87.5 Å². The quantitative estimate of drug-likeness (QED) is 0.583. The maximum atomic E-state index is 11.9. The molecule has 0 aliphatic heterocycles. The Bertz CT molecular complexity index is 1240. The van der Waals surface area contributed by atoms with Crippen molar-refractivity contribution < 1.29 is 22.7 Å². The third-order valence-electron chi connectivity index (χ3n) is 4.75. The van der Waals surface area contributed by atoms with E-state index in [-0.39, 0.29) is 23.8 Å². The first kappa shape index (κ1) is 22.3. The molecule has 0 atom stereocenters. The predicted octanol–water partition coefficient (Wildman–Crippen LogP) is 2.70. The van der Waals surface area contributed by atoms with Gasteiger partial charge in [-0.25, -0.2) is 8.42 Å². The van der Waals surface area contributed by atoms with Gasteiger partial charge in [0, 0.05) is 31.4 Å². The fourth-order valence-corrected chi connectivity index (χ4v) is 3.83. The summed E-state index contributed by atoms with van der Waals surface area (Å²) < 4.78 is 28.4. The van der Waals surface area contributed by atoms with Gasteiger partial charge in [0.05, 0.1) is 0 Å². The molecule has 0 aliphatic carbocycles. The van der Waals surface area contributed by atoms with Crippen molar-refractivity contribution in [3.63, 3.8) is 0 Å². The summed E-state index contributed by atoms with van der Waals surface area (Å²) in [4.78, 5) is 23.6. The van der Waals surface area contributed by atoms with Gasteiger partial charge in [0.2, 0.25) is 11.2 Å². The van der Waals surface area contributed by atoms with Crippen LogP contribution in [0.25, 0.3) is 11.1 Å². The average Bonchev–Trinajstić information content (AvgIpc) is 2.74. The van der Waals surface area contributed by atoms with Crippen molar-refractivity contribution in [3.8, 4) is 16.9 Å². The number of hydrogen-bond acceptors (Lipinski definition) is 6. The minimum atomic E-state index is -3.37. The van der Waals surface area contributed by atoms with E-state index >= 15 is 0 Å². The molecule has 2 aromatic carbocycles. The topological polar surface area (TPSA) is 114 Å². The molecular formula is C23H23NO6S. The van der Waals surface area contributed by atoms with Gasteiger partial charge in [-0.15, -0.1) is 0 Å². The van der Waals surface area contributed by atoms with E-state index in [1.807, 2.05) is 36.4 Å². The number of amides is 1. The Hall–Kier alpha value is -3.39. The number of carbonyl (C=O) groups is 1. The van der Waals surface area contributed by atoms with Crippen LogP contribution in [0.3, 0.4) is 0 Å². The maximum Gasteiger partial charge on any atom is 0.251 e. The molecule has 0 saturated heterocycles. The van der Waals surface area contributed by atoms with Crippen LogP contribution in [-0.2, 0) is 28.4 Å². The second kappa shape index (κ2) is 9.18. The molecule has 0 saturated carbocycles. The maximum absolute atomic E-state index is 11.9. The van der Waals surface area contributed by atoms with E-state index in [9.17, 15) is 23.1 Å². The Morgan fingerprint density at radius 3 is 2.13 bits per heavy atom. The molecule has 162 valence electrons. The third kappa shape index (κ3) is 5.82. The highest BCUT2D eigenvalue weighted by Gasteiger charge is 2.15. The fourth-order valence-electron chi connectivity index (χ4n) is 3.17. The minimum Gasteiger partial charge on any atom is -0.502 e. The zero-order chi connectivity index (χ0) is 22.6. The van der Waals surface area contributed by atoms with Gasteiger partial charge in [-0.05, 0) is 35.2 Å². The molecule has 1 amide bonds.